The van der Waals surface area contributed by atoms with Crippen molar-refractivity contribution in [3.05, 3.63) is 0 Å². The van der Waals surface area contributed by atoms with Gasteiger partial charge in [0.2, 0.25) is 0 Å². The molecule has 1 aliphatic heterocycles. The molecule has 1 heterocycles. The van der Waals surface area contributed by atoms with Crippen molar-refractivity contribution in [1.82, 2.24) is 10.2 Å². The summed E-state index contributed by atoms with van der Waals surface area (Å²) in [6, 6.07) is 0.583. The lowest BCUT2D eigenvalue weighted by Gasteiger charge is -2.41. The van der Waals surface area contributed by atoms with Crippen LogP contribution in [0.25, 0.3) is 0 Å². The Hall–Kier alpha value is -0.120. The number of nitrogens with one attached hydrogen (secondary N) is 1. The van der Waals surface area contributed by atoms with Gasteiger partial charge in [-0.2, -0.15) is 0 Å². The first-order valence-electron chi connectivity index (χ1n) is 6.45. The Bertz CT molecular complexity index is 208. The fourth-order valence-corrected chi connectivity index (χ4v) is 2.54. The lowest BCUT2D eigenvalue weighted by atomic mass is 9.93. The Balaban J connectivity index is 2.48. The maximum Gasteiger partial charge on any atom is 0.0777 e. The molecule has 0 bridgehead atoms. The van der Waals surface area contributed by atoms with E-state index in [2.05, 4.69) is 38.0 Å². The molecule has 0 aliphatic carbocycles. The van der Waals surface area contributed by atoms with Crippen molar-refractivity contribution in [3.8, 4) is 0 Å². The average Bonchev–Trinajstić information content (AvgIpc) is 2.25. The van der Waals surface area contributed by atoms with Crippen LogP contribution in [-0.4, -0.2) is 50.3 Å². The van der Waals surface area contributed by atoms with Crippen LogP contribution in [0, 0.1) is 5.92 Å². The molecule has 0 aromatic rings. The highest BCUT2D eigenvalue weighted by molar-refractivity contribution is 4.86. The van der Waals surface area contributed by atoms with Crippen LogP contribution in [0.2, 0.25) is 0 Å². The maximum absolute atomic E-state index is 5.62. The average molecular weight is 228 g/mol. The van der Waals surface area contributed by atoms with Gasteiger partial charge in [0.05, 0.1) is 5.60 Å². The van der Waals surface area contributed by atoms with Crippen LogP contribution >= 0.6 is 0 Å². The molecule has 96 valence electrons. The van der Waals surface area contributed by atoms with E-state index in [0.717, 1.165) is 13.1 Å². The number of ether oxygens (including phenoxy) is 1. The molecule has 1 fully saturated rings. The third-order valence-electron chi connectivity index (χ3n) is 3.86. The predicted molar refractivity (Wildman–Crippen MR) is 68.8 cm³/mol. The molecule has 0 saturated carbocycles. The van der Waals surface area contributed by atoms with Crippen molar-refractivity contribution in [3.63, 3.8) is 0 Å². The minimum atomic E-state index is 0.0630. The summed E-state index contributed by atoms with van der Waals surface area (Å²) >= 11 is 0. The van der Waals surface area contributed by atoms with Crippen molar-refractivity contribution < 1.29 is 4.74 Å². The quantitative estimate of drug-likeness (QED) is 0.775. The second-order valence-corrected chi connectivity index (χ2v) is 5.63. The monoisotopic (exact) mass is 228 g/mol. The minimum absolute atomic E-state index is 0.0630. The molecule has 2 atom stereocenters. The molecule has 1 saturated heterocycles. The third kappa shape index (κ3) is 3.72. The molecule has 3 nitrogen and oxygen atoms in total. The second-order valence-electron chi connectivity index (χ2n) is 5.63. The lowest BCUT2D eigenvalue weighted by Crippen LogP contribution is -2.52. The Morgan fingerprint density at radius 3 is 2.62 bits per heavy atom. The van der Waals surface area contributed by atoms with Crippen LogP contribution in [0.4, 0.5) is 0 Å². The molecule has 1 rings (SSSR count). The van der Waals surface area contributed by atoms with Crippen molar-refractivity contribution in [1.29, 1.82) is 0 Å². The SMILES string of the molecule is CNC(CN1CCCC(C)(OC)C1)C(C)C. The first-order valence-corrected chi connectivity index (χ1v) is 6.45. The lowest BCUT2D eigenvalue weighted by molar-refractivity contribution is -0.0530. The highest BCUT2D eigenvalue weighted by atomic mass is 16.5. The summed E-state index contributed by atoms with van der Waals surface area (Å²) in [6.07, 6.45) is 2.44. The van der Waals surface area contributed by atoms with Crippen LogP contribution in [0.5, 0.6) is 0 Å². The Morgan fingerprint density at radius 1 is 1.44 bits per heavy atom. The van der Waals surface area contributed by atoms with Gasteiger partial charge in [-0.1, -0.05) is 13.8 Å². The highest BCUT2D eigenvalue weighted by Gasteiger charge is 2.31. The topological polar surface area (TPSA) is 24.5 Å². The molecule has 1 N–H and O–H groups in total. The first-order chi connectivity index (χ1) is 7.50. The Labute approximate surface area is 101 Å². The van der Waals surface area contributed by atoms with Gasteiger partial charge < -0.3 is 10.1 Å². The van der Waals surface area contributed by atoms with Gasteiger partial charge in [0.1, 0.15) is 0 Å². The van der Waals surface area contributed by atoms with Gasteiger partial charge >= 0.3 is 0 Å². The van der Waals surface area contributed by atoms with Crippen LogP contribution < -0.4 is 5.32 Å². The molecule has 2 unspecified atom stereocenters. The van der Waals surface area contributed by atoms with Gasteiger partial charge in [-0.15, -0.1) is 0 Å². The van der Waals surface area contributed by atoms with Crippen LogP contribution in [-0.2, 0) is 4.74 Å². The van der Waals surface area contributed by atoms with Gasteiger partial charge in [0.25, 0.3) is 0 Å². The Kier molecular flexibility index (Phi) is 5.22. The molecule has 0 aromatic heterocycles. The highest BCUT2D eigenvalue weighted by Crippen LogP contribution is 2.24. The number of nitrogens with zero attached hydrogens (tertiary/aromatic N) is 1. The van der Waals surface area contributed by atoms with Gasteiger partial charge in [0, 0.05) is 26.2 Å². The minimum Gasteiger partial charge on any atom is -0.377 e. The van der Waals surface area contributed by atoms with E-state index < -0.39 is 0 Å². The number of hydrogen-bond acceptors (Lipinski definition) is 3. The summed E-state index contributed by atoms with van der Waals surface area (Å²) in [6.45, 7) is 10.2. The molecule has 0 amide bonds. The first kappa shape index (κ1) is 13.9. The van der Waals surface area contributed by atoms with E-state index in [1.165, 1.54) is 19.4 Å². The van der Waals surface area contributed by atoms with E-state index >= 15 is 0 Å². The van der Waals surface area contributed by atoms with Gasteiger partial charge in [-0.3, -0.25) is 4.90 Å². The van der Waals surface area contributed by atoms with E-state index in [9.17, 15) is 0 Å². The van der Waals surface area contributed by atoms with Crippen LogP contribution in [0.15, 0.2) is 0 Å². The largest absolute Gasteiger partial charge is 0.377 e. The van der Waals surface area contributed by atoms with Gasteiger partial charge in [0.15, 0.2) is 0 Å². The molecular formula is C13H28N2O. The Morgan fingerprint density at radius 2 is 2.12 bits per heavy atom. The zero-order valence-corrected chi connectivity index (χ0v) is 11.5. The third-order valence-corrected chi connectivity index (χ3v) is 3.86. The molecule has 0 radical (unpaired) electrons. The van der Waals surface area contributed by atoms with E-state index in [-0.39, 0.29) is 5.60 Å². The number of likely N-dealkylation sites (N-methyl/N-ethyl adjacent to an activating group) is 1. The number of hydrogen-bond donors (Lipinski definition) is 1. The summed E-state index contributed by atoms with van der Waals surface area (Å²) in [4.78, 5) is 2.54. The zero-order chi connectivity index (χ0) is 12.2. The van der Waals surface area contributed by atoms with Gasteiger partial charge in [-0.25, -0.2) is 0 Å². The van der Waals surface area contributed by atoms with Crippen molar-refractivity contribution >= 4 is 0 Å². The summed E-state index contributed by atoms with van der Waals surface area (Å²) in [5.41, 5.74) is 0.0630. The molecule has 16 heavy (non-hydrogen) atoms. The maximum atomic E-state index is 5.62. The molecule has 0 aromatic carbocycles. The summed E-state index contributed by atoms with van der Waals surface area (Å²) in [5, 5.41) is 3.41. The fraction of sp³-hybridized carbons (Fsp3) is 1.00. The number of methoxy groups -OCH3 is 1. The van der Waals surface area contributed by atoms with E-state index in [4.69, 9.17) is 4.74 Å². The predicted octanol–water partition coefficient (Wildman–Crippen LogP) is 1.73. The number of piperidine rings is 1. The van der Waals surface area contributed by atoms with Crippen molar-refractivity contribution in [2.24, 2.45) is 5.92 Å². The second kappa shape index (κ2) is 5.99. The molecule has 0 spiro atoms. The van der Waals surface area contributed by atoms with Crippen molar-refractivity contribution in [2.45, 2.75) is 45.3 Å². The summed E-state index contributed by atoms with van der Waals surface area (Å²) in [7, 11) is 3.89. The standard InChI is InChI=1S/C13H28N2O/c1-11(2)12(14-4)9-15-8-6-7-13(3,10-15)16-5/h11-12,14H,6-10H2,1-5H3. The van der Waals surface area contributed by atoms with Crippen molar-refractivity contribution in [2.75, 3.05) is 33.8 Å². The van der Waals surface area contributed by atoms with Crippen LogP contribution in [0.3, 0.4) is 0 Å². The van der Waals surface area contributed by atoms with E-state index in [1.54, 1.807) is 0 Å². The van der Waals surface area contributed by atoms with E-state index in [1.807, 2.05) is 7.11 Å². The van der Waals surface area contributed by atoms with Gasteiger partial charge in [-0.05, 0) is 39.3 Å². The molecular weight excluding hydrogens is 200 g/mol. The number of likely N-dealkylation sites (tertiary alicyclic amines) is 1. The fourth-order valence-electron chi connectivity index (χ4n) is 2.54. The smallest absolute Gasteiger partial charge is 0.0777 e. The normalized spacial score (nSPS) is 29.6. The summed E-state index contributed by atoms with van der Waals surface area (Å²) in [5.74, 6) is 0.681. The van der Waals surface area contributed by atoms with E-state index in [0.29, 0.717) is 12.0 Å². The van der Waals surface area contributed by atoms with Crippen LogP contribution in [0.1, 0.15) is 33.6 Å². The molecule has 3 heteroatoms. The number of rotatable bonds is 5. The zero-order valence-electron chi connectivity index (χ0n) is 11.5. The summed E-state index contributed by atoms with van der Waals surface area (Å²) < 4.78 is 5.62. The molecule has 1 aliphatic rings.